The van der Waals surface area contributed by atoms with E-state index >= 15 is 0 Å². The van der Waals surface area contributed by atoms with Crippen molar-refractivity contribution in [1.82, 2.24) is 15.0 Å². The molecule has 1 aliphatic heterocycles. The Morgan fingerprint density at radius 3 is 2.65 bits per heavy atom. The molecule has 7 heteroatoms. The van der Waals surface area contributed by atoms with Gasteiger partial charge in [-0.05, 0) is 37.3 Å². The molecule has 7 nitrogen and oxygen atoms in total. The van der Waals surface area contributed by atoms with Crippen molar-refractivity contribution in [2.45, 2.75) is 59.3 Å². The van der Waals surface area contributed by atoms with Crippen LogP contribution in [-0.2, 0) is 30.7 Å². The minimum absolute atomic E-state index is 0.0102. The van der Waals surface area contributed by atoms with E-state index in [1.54, 1.807) is 6.33 Å². The van der Waals surface area contributed by atoms with Crippen LogP contribution < -0.4 is 4.90 Å². The molecule has 1 aromatic carbocycles. The second-order valence-electron chi connectivity index (χ2n) is 10.1. The average molecular weight is 461 g/mol. The molecule has 0 amide bonds. The van der Waals surface area contributed by atoms with Gasteiger partial charge in [0.25, 0.3) is 0 Å². The molecule has 0 unspecified atom stereocenters. The first kappa shape index (κ1) is 22.7. The minimum atomic E-state index is -0.272. The fourth-order valence-corrected chi connectivity index (χ4v) is 4.83. The highest BCUT2D eigenvalue weighted by Gasteiger charge is 2.32. The number of benzene rings is 1. The van der Waals surface area contributed by atoms with Crippen molar-refractivity contribution < 1.29 is 14.3 Å². The lowest BCUT2D eigenvalue weighted by atomic mass is 9.88. The number of nitrogens with zero attached hydrogens (tertiary/aromatic N) is 4. The van der Waals surface area contributed by atoms with Crippen molar-refractivity contribution in [1.29, 1.82) is 0 Å². The predicted molar refractivity (Wildman–Crippen MR) is 133 cm³/mol. The summed E-state index contributed by atoms with van der Waals surface area (Å²) in [5.41, 5.74) is 6.28. The van der Waals surface area contributed by atoms with Gasteiger partial charge in [-0.3, -0.25) is 0 Å². The topological polar surface area (TPSA) is 84.5 Å². The van der Waals surface area contributed by atoms with Crippen molar-refractivity contribution in [2.24, 2.45) is 5.92 Å². The van der Waals surface area contributed by atoms with Crippen molar-refractivity contribution in [3.05, 3.63) is 59.0 Å². The molecule has 3 aromatic heterocycles. The van der Waals surface area contributed by atoms with Gasteiger partial charge in [-0.1, -0.05) is 44.2 Å². The van der Waals surface area contributed by atoms with E-state index in [1.807, 2.05) is 23.1 Å². The second kappa shape index (κ2) is 8.96. The standard InChI is InChI=1S/C27H32N4O3/c1-17(2)12-21-20-15-33-27(3,4)13-19(20)22-23-24(34-26(22)30-21)25(29-16-28-23)31(10-11-32)14-18-8-6-5-7-9-18/h5-9,16-17,32H,10-15H2,1-4H3. The number of rotatable bonds is 7. The quantitative estimate of drug-likeness (QED) is 0.423. The number of anilines is 1. The molecule has 178 valence electrons. The summed E-state index contributed by atoms with van der Waals surface area (Å²) in [7, 11) is 0. The first-order valence-electron chi connectivity index (χ1n) is 12.0. The van der Waals surface area contributed by atoms with Crippen LogP contribution in [0.1, 0.15) is 50.1 Å². The molecule has 4 aromatic rings. The summed E-state index contributed by atoms with van der Waals surface area (Å²) in [4.78, 5) is 16.2. The Morgan fingerprint density at radius 2 is 1.91 bits per heavy atom. The maximum atomic E-state index is 9.78. The van der Waals surface area contributed by atoms with Gasteiger partial charge in [-0.2, -0.15) is 0 Å². The lowest BCUT2D eigenvalue weighted by Crippen LogP contribution is -2.33. The zero-order valence-electron chi connectivity index (χ0n) is 20.3. The number of pyridine rings is 1. The maximum absolute atomic E-state index is 9.78. The molecule has 0 spiro atoms. The van der Waals surface area contributed by atoms with Crippen LogP contribution in [0.15, 0.2) is 41.1 Å². The number of aliphatic hydroxyl groups is 1. The Labute approximate surface area is 199 Å². The van der Waals surface area contributed by atoms with Crippen molar-refractivity contribution in [2.75, 3.05) is 18.1 Å². The molecular weight excluding hydrogens is 428 g/mol. The van der Waals surface area contributed by atoms with Gasteiger partial charge in [0.15, 0.2) is 11.4 Å². The van der Waals surface area contributed by atoms with Crippen LogP contribution in [0.2, 0.25) is 0 Å². The summed E-state index contributed by atoms with van der Waals surface area (Å²) in [6.45, 7) is 10.2. The van der Waals surface area contributed by atoms with Crippen LogP contribution in [0.3, 0.4) is 0 Å². The van der Waals surface area contributed by atoms with E-state index in [2.05, 4.69) is 49.8 Å². The highest BCUT2D eigenvalue weighted by Crippen LogP contribution is 2.40. The van der Waals surface area contributed by atoms with Gasteiger partial charge >= 0.3 is 0 Å². The summed E-state index contributed by atoms with van der Waals surface area (Å²) in [6, 6.07) is 10.2. The highest BCUT2D eigenvalue weighted by atomic mass is 16.5. The summed E-state index contributed by atoms with van der Waals surface area (Å²) < 4.78 is 12.6. The third-order valence-corrected chi connectivity index (χ3v) is 6.38. The highest BCUT2D eigenvalue weighted by molar-refractivity contribution is 6.06. The average Bonchev–Trinajstić information content (AvgIpc) is 3.17. The monoisotopic (exact) mass is 460 g/mol. The Bertz CT molecular complexity index is 1310. The van der Waals surface area contributed by atoms with Crippen LogP contribution in [0.25, 0.3) is 22.2 Å². The van der Waals surface area contributed by atoms with Crippen LogP contribution in [0.5, 0.6) is 0 Å². The summed E-state index contributed by atoms with van der Waals surface area (Å²) >= 11 is 0. The smallest absolute Gasteiger partial charge is 0.229 e. The van der Waals surface area contributed by atoms with E-state index in [0.29, 0.717) is 42.7 Å². The summed E-state index contributed by atoms with van der Waals surface area (Å²) in [5, 5.41) is 10.7. The van der Waals surface area contributed by atoms with Gasteiger partial charge in [0.2, 0.25) is 5.71 Å². The zero-order chi connectivity index (χ0) is 23.9. The van der Waals surface area contributed by atoms with E-state index in [1.165, 1.54) is 11.1 Å². The Morgan fingerprint density at radius 1 is 1.12 bits per heavy atom. The van der Waals surface area contributed by atoms with E-state index < -0.39 is 0 Å². The first-order chi connectivity index (χ1) is 16.4. The third kappa shape index (κ3) is 4.26. The van der Waals surface area contributed by atoms with Crippen molar-refractivity contribution >= 4 is 28.0 Å². The molecule has 0 saturated heterocycles. The van der Waals surface area contributed by atoms with Crippen molar-refractivity contribution in [3.63, 3.8) is 0 Å². The zero-order valence-corrected chi connectivity index (χ0v) is 20.3. The normalized spacial score (nSPS) is 15.2. The molecule has 1 aliphatic rings. The lowest BCUT2D eigenvalue weighted by Gasteiger charge is -2.33. The number of fused-ring (bicyclic) bond motifs is 5. The Kier molecular flexibility index (Phi) is 6.00. The van der Waals surface area contributed by atoms with Gasteiger partial charge in [0.1, 0.15) is 11.8 Å². The SMILES string of the molecule is CC(C)Cc1nc2oc3c(N(CCO)Cc4ccccc4)ncnc3c2c2c1COC(C)(C)C2. The number of aliphatic hydroxyl groups excluding tert-OH is 1. The van der Waals surface area contributed by atoms with Gasteiger partial charge in [-0.15, -0.1) is 0 Å². The van der Waals surface area contributed by atoms with E-state index in [-0.39, 0.29) is 12.2 Å². The van der Waals surface area contributed by atoms with Crippen LogP contribution >= 0.6 is 0 Å². The maximum Gasteiger partial charge on any atom is 0.229 e. The molecule has 1 N–H and O–H groups in total. The molecule has 5 rings (SSSR count). The van der Waals surface area contributed by atoms with Gasteiger partial charge in [-0.25, -0.2) is 15.0 Å². The van der Waals surface area contributed by atoms with Crippen molar-refractivity contribution in [3.8, 4) is 0 Å². The fraction of sp³-hybridized carbons (Fsp3) is 0.444. The largest absolute Gasteiger partial charge is 0.432 e. The molecule has 34 heavy (non-hydrogen) atoms. The lowest BCUT2D eigenvalue weighted by molar-refractivity contribution is -0.0402. The van der Waals surface area contributed by atoms with E-state index in [9.17, 15) is 5.11 Å². The van der Waals surface area contributed by atoms with Crippen LogP contribution in [-0.4, -0.2) is 38.8 Å². The van der Waals surface area contributed by atoms with E-state index in [4.69, 9.17) is 14.1 Å². The number of hydrogen-bond acceptors (Lipinski definition) is 7. The predicted octanol–water partition coefficient (Wildman–Crippen LogP) is 4.82. The molecule has 0 bridgehead atoms. The second-order valence-corrected chi connectivity index (χ2v) is 10.1. The van der Waals surface area contributed by atoms with Gasteiger partial charge < -0.3 is 19.2 Å². The molecule has 4 heterocycles. The number of aromatic nitrogens is 3. The number of furan rings is 1. The van der Waals surface area contributed by atoms with Crippen LogP contribution in [0, 0.1) is 5.92 Å². The third-order valence-electron chi connectivity index (χ3n) is 6.38. The number of hydrogen-bond donors (Lipinski definition) is 1. The summed E-state index contributed by atoms with van der Waals surface area (Å²) in [6.07, 6.45) is 3.22. The van der Waals surface area contributed by atoms with Gasteiger partial charge in [0.05, 0.1) is 29.9 Å². The Hall–Kier alpha value is -3.03. The fourth-order valence-electron chi connectivity index (χ4n) is 4.83. The molecule has 0 saturated carbocycles. The molecule has 0 radical (unpaired) electrons. The molecule has 0 fully saturated rings. The van der Waals surface area contributed by atoms with Gasteiger partial charge in [0, 0.05) is 25.1 Å². The molecule has 0 aliphatic carbocycles. The molecule has 0 atom stereocenters. The van der Waals surface area contributed by atoms with E-state index in [0.717, 1.165) is 35.0 Å². The number of ether oxygens (including phenoxy) is 1. The summed E-state index contributed by atoms with van der Waals surface area (Å²) in [5.74, 6) is 1.14. The first-order valence-corrected chi connectivity index (χ1v) is 12.0. The molecular formula is C27H32N4O3. The minimum Gasteiger partial charge on any atom is -0.432 e. The Balaban J connectivity index is 1.70. The van der Waals surface area contributed by atoms with Crippen LogP contribution in [0.4, 0.5) is 5.82 Å².